The summed E-state index contributed by atoms with van der Waals surface area (Å²) in [6.45, 7) is 0. The van der Waals surface area contributed by atoms with E-state index in [1.54, 1.807) is 0 Å². The van der Waals surface area contributed by atoms with Crippen molar-refractivity contribution < 1.29 is 0 Å². The fourth-order valence-electron chi connectivity index (χ4n) is 10.3. The topological polar surface area (TPSA) is 14.7 Å². The maximum Gasteiger partial charge on any atom is 0.0542 e. The average molecular weight is 895 g/mol. The molecule has 0 aliphatic rings. The Morgan fingerprint density at radius 2 is 0.471 bits per heavy atom. The Kier molecular flexibility index (Phi) is 10.1. The number of aromatic nitrogens is 1. The summed E-state index contributed by atoms with van der Waals surface area (Å²) >= 11 is 0. The molecule has 13 rings (SSSR count). The maximum atomic E-state index is 2.43. The van der Waals surface area contributed by atoms with E-state index in [0.29, 0.717) is 0 Å². The molecule has 12 aromatic carbocycles. The maximum absolute atomic E-state index is 2.43. The lowest BCUT2D eigenvalue weighted by atomic mass is 10.1. The summed E-state index contributed by atoms with van der Waals surface area (Å²) in [5.74, 6) is 0. The highest BCUT2D eigenvalue weighted by molar-refractivity contribution is 6.12. The number of hydrogen-bond acceptors (Lipinski definition) is 3. The molecule has 0 saturated heterocycles. The van der Waals surface area contributed by atoms with Gasteiger partial charge in [-0.25, -0.2) is 0 Å². The van der Waals surface area contributed by atoms with E-state index in [1.165, 1.54) is 32.3 Å². The van der Waals surface area contributed by atoms with Crippen LogP contribution in [0.2, 0.25) is 0 Å². The molecule has 0 unspecified atom stereocenters. The summed E-state index contributed by atoms with van der Waals surface area (Å²) in [4.78, 5) is 7.10. The van der Waals surface area contributed by atoms with Gasteiger partial charge in [-0.15, -0.1) is 0 Å². The summed E-state index contributed by atoms with van der Waals surface area (Å²) in [6.07, 6.45) is 0. The van der Waals surface area contributed by atoms with Gasteiger partial charge in [0.25, 0.3) is 0 Å². The Bertz CT molecular complexity index is 3830. The Labute approximate surface area is 407 Å². The molecule has 4 heteroatoms. The highest BCUT2D eigenvalue weighted by atomic mass is 15.2. The van der Waals surface area contributed by atoms with Crippen LogP contribution in [0.25, 0.3) is 59.8 Å². The van der Waals surface area contributed by atoms with Crippen LogP contribution < -0.4 is 14.7 Å². The van der Waals surface area contributed by atoms with Crippen LogP contribution in [0.5, 0.6) is 0 Å². The van der Waals surface area contributed by atoms with Crippen molar-refractivity contribution in [3.8, 4) is 5.69 Å². The third-order valence-corrected chi connectivity index (χ3v) is 13.6. The third-order valence-electron chi connectivity index (χ3n) is 13.6. The second kappa shape index (κ2) is 17.4. The average Bonchev–Trinajstić information content (AvgIpc) is 3.75. The van der Waals surface area contributed by atoms with Crippen molar-refractivity contribution in [2.45, 2.75) is 0 Å². The molecule has 0 amide bonds. The van der Waals surface area contributed by atoms with Crippen LogP contribution in [-0.2, 0) is 0 Å². The van der Waals surface area contributed by atoms with Gasteiger partial charge in [-0.1, -0.05) is 146 Å². The molecule has 70 heavy (non-hydrogen) atoms. The first-order chi connectivity index (χ1) is 34.7. The molecule has 0 radical (unpaired) electrons. The zero-order valence-electron chi connectivity index (χ0n) is 38.3. The molecule has 0 N–H and O–H groups in total. The fraction of sp³-hybridized carbons (Fsp3) is 0. The van der Waals surface area contributed by atoms with Crippen molar-refractivity contribution in [1.82, 2.24) is 4.57 Å². The Balaban J connectivity index is 1.01. The monoisotopic (exact) mass is 894 g/mol. The Hall–Kier alpha value is -9.38. The smallest absolute Gasteiger partial charge is 0.0542 e. The van der Waals surface area contributed by atoms with E-state index in [4.69, 9.17) is 0 Å². The Morgan fingerprint density at radius 3 is 0.843 bits per heavy atom. The van der Waals surface area contributed by atoms with Gasteiger partial charge in [0, 0.05) is 67.6 Å². The SMILES string of the molecule is c1ccc(N(c2ccc(-n3c4ccc(N(c5ccccc5)c5ccc6ccccc6c5)cc4c4cc(N(c5ccccc5)c5ccc6ccccc6c5)ccc43)cc2)c2ccc3ccccc3c2)cc1. The van der Waals surface area contributed by atoms with E-state index in [0.717, 1.165) is 78.7 Å². The predicted octanol–water partition coefficient (Wildman–Crippen LogP) is 18.7. The van der Waals surface area contributed by atoms with Gasteiger partial charge in [0.1, 0.15) is 0 Å². The largest absolute Gasteiger partial charge is 0.310 e. The van der Waals surface area contributed by atoms with Gasteiger partial charge in [-0.3, -0.25) is 0 Å². The fourth-order valence-corrected chi connectivity index (χ4v) is 10.3. The van der Waals surface area contributed by atoms with E-state index in [-0.39, 0.29) is 0 Å². The summed E-state index contributed by atoms with van der Waals surface area (Å²) < 4.78 is 2.43. The molecule has 0 fully saturated rings. The van der Waals surface area contributed by atoms with Crippen molar-refractivity contribution in [2.24, 2.45) is 0 Å². The standard InChI is InChI=1S/C66H46N4/c1-4-22-53(23-5-1)67(58-31-28-47-16-10-13-19-50(47)42-58)56-34-36-57(37-35-56)70-65-40-38-61(68(54-24-6-2-7-25-54)59-32-29-48-17-11-14-20-51(48)43-59)45-63(65)64-46-62(39-41-66(64)70)69(55-26-8-3-9-27-55)60-33-30-49-18-12-15-21-52(49)44-60/h1-46H. The number of benzene rings is 12. The predicted molar refractivity (Wildman–Crippen MR) is 297 cm³/mol. The van der Waals surface area contributed by atoms with Crippen LogP contribution in [0.1, 0.15) is 0 Å². The second-order valence-electron chi connectivity index (χ2n) is 17.9. The van der Waals surface area contributed by atoms with Gasteiger partial charge < -0.3 is 19.3 Å². The minimum Gasteiger partial charge on any atom is -0.310 e. The van der Waals surface area contributed by atoms with Gasteiger partial charge in [-0.2, -0.15) is 0 Å². The van der Waals surface area contributed by atoms with Crippen LogP contribution in [-0.4, -0.2) is 4.57 Å². The van der Waals surface area contributed by atoms with Crippen LogP contribution in [0.15, 0.2) is 279 Å². The molecule has 0 bridgehead atoms. The molecule has 0 aliphatic heterocycles. The quantitative estimate of drug-likeness (QED) is 0.136. The van der Waals surface area contributed by atoms with Crippen LogP contribution in [0.3, 0.4) is 0 Å². The van der Waals surface area contributed by atoms with Crippen LogP contribution in [0.4, 0.5) is 51.2 Å². The number of hydrogen-bond donors (Lipinski definition) is 0. The summed E-state index contributed by atoms with van der Waals surface area (Å²) in [6, 6.07) is 101. The first-order valence-electron chi connectivity index (χ1n) is 23.9. The number of rotatable bonds is 10. The molecule has 1 heterocycles. The summed E-state index contributed by atoms with van der Waals surface area (Å²) in [5, 5.41) is 9.59. The minimum absolute atomic E-state index is 1.08. The van der Waals surface area contributed by atoms with E-state index in [9.17, 15) is 0 Å². The zero-order valence-corrected chi connectivity index (χ0v) is 38.3. The number of fused-ring (bicyclic) bond motifs is 6. The lowest BCUT2D eigenvalue weighted by Crippen LogP contribution is -2.10. The number of para-hydroxylation sites is 3. The van der Waals surface area contributed by atoms with Crippen molar-refractivity contribution in [1.29, 1.82) is 0 Å². The highest BCUT2D eigenvalue weighted by Gasteiger charge is 2.21. The van der Waals surface area contributed by atoms with Gasteiger partial charge >= 0.3 is 0 Å². The van der Waals surface area contributed by atoms with E-state index in [1.807, 2.05) is 0 Å². The number of anilines is 9. The van der Waals surface area contributed by atoms with Crippen molar-refractivity contribution >= 4 is 105 Å². The summed E-state index contributed by atoms with van der Waals surface area (Å²) in [5.41, 5.74) is 13.2. The van der Waals surface area contributed by atoms with Gasteiger partial charge in [0.05, 0.1) is 11.0 Å². The number of nitrogens with zero attached hydrogens (tertiary/aromatic N) is 4. The molecule has 0 spiro atoms. The molecule has 0 atom stereocenters. The Morgan fingerprint density at radius 1 is 0.200 bits per heavy atom. The molecule has 0 saturated carbocycles. The minimum atomic E-state index is 1.08. The highest BCUT2D eigenvalue weighted by Crippen LogP contribution is 2.44. The summed E-state index contributed by atoms with van der Waals surface area (Å²) in [7, 11) is 0. The molecule has 1 aromatic heterocycles. The zero-order chi connectivity index (χ0) is 46.4. The molecular formula is C66H46N4. The lowest BCUT2D eigenvalue weighted by molar-refractivity contribution is 1.17. The second-order valence-corrected chi connectivity index (χ2v) is 17.9. The first-order valence-corrected chi connectivity index (χ1v) is 23.9. The van der Waals surface area contributed by atoms with Crippen LogP contribution >= 0.6 is 0 Å². The molecule has 0 aliphatic carbocycles. The first kappa shape index (κ1) is 40.9. The van der Waals surface area contributed by atoms with Gasteiger partial charge in [0.2, 0.25) is 0 Å². The van der Waals surface area contributed by atoms with Gasteiger partial charge in [-0.05, 0) is 166 Å². The van der Waals surface area contributed by atoms with E-state index in [2.05, 4.69) is 298 Å². The third kappa shape index (κ3) is 7.36. The van der Waals surface area contributed by atoms with Crippen molar-refractivity contribution in [3.63, 3.8) is 0 Å². The van der Waals surface area contributed by atoms with Crippen molar-refractivity contribution in [2.75, 3.05) is 14.7 Å². The van der Waals surface area contributed by atoms with E-state index < -0.39 is 0 Å². The van der Waals surface area contributed by atoms with Crippen LogP contribution in [0, 0.1) is 0 Å². The normalized spacial score (nSPS) is 11.4. The molecular weight excluding hydrogens is 849 g/mol. The molecule has 4 nitrogen and oxygen atoms in total. The molecule has 330 valence electrons. The van der Waals surface area contributed by atoms with Crippen molar-refractivity contribution in [3.05, 3.63) is 279 Å². The van der Waals surface area contributed by atoms with Gasteiger partial charge in [0.15, 0.2) is 0 Å². The van der Waals surface area contributed by atoms with E-state index >= 15 is 0 Å². The molecule has 13 aromatic rings. The lowest BCUT2D eigenvalue weighted by Gasteiger charge is -2.26.